The van der Waals surface area contributed by atoms with Crippen LogP contribution < -0.4 is 0 Å². The lowest BCUT2D eigenvalue weighted by atomic mass is 9.75. The molecule has 2 aliphatic carbocycles. The van der Waals surface area contributed by atoms with Crippen molar-refractivity contribution >= 4 is 5.97 Å². The van der Waals surface area contributed by atoms with Gasteiger partial charge in [-0.2, -0.15) is 5.26 Å². The average molecular weight is 454 g/mol. The van der Waals surface area contributed by atoms with Crippen molar-refractivity contribution in [2.24, 2.45) is 11.8 Å². The molecule has 1 atom stereocenters. The fourth-order valence-corrected chi connectivity index (χ4v) is 5.72. The largest absolute Gasteiger partial charge is 0.478 e. The van der Waals surface area contributed by atoms with Crippen LogP contribution in [0.1, 0.15) is 96.3 Å². The molecule has 3 rings (SSSR count). The topological polar surface area (TPSA) is 79.6 Å². The van der Waals surface area contributed by atoms with E-state index < -0.39 is 23.6 Å². The molecule has 0 radical (unpaired) electrons. The van der Waals surface area contributed by atoms with Crippen molar-refractivity contribution in [2.75, 3.05) is 13.2 Å². The van der Waals surface area contributed by atoms with Gasteiger partial charge in [-0.25, -0.2) is 13.6 Å². The molecule has 2 fully saturated rings. The number of allylic oxidation sites excluding steroid dienone is 1. The van der Waals surface area contributed by atoms with E-state index in [9.17, 15) is 18.7 Å². The first-order chi connectivity index (χ1) is 15.3. The molecule has 3 aliphatic rings. The van der Waals surface area contributed by atoms with Crippen LogP contribution in [-0.2, 0) is 14.3 Å². The maximum absolute atomic E-state index is 14.9. The summed E-state index contributed by atoms with van der Waals surface area (Å²) in [6.07, 6.45) is 9.02. The highest BCUT2D eigenvalue weighted by atomic mass is 19.3. The molecule has 5 nitrogen and oxygen atoms in total. The van der Waals surface area contributed by atoms with Crippen LogP contribution in [0.5, 0.6) is 0 Å². The van der Waals surface area contributed by atoms with Crippen LogP contribution >= 0.6 is 0 Å². The Labute approximate surface area is 190 Å². The van der Waals surface area contributed by atoms with Crippen LogP contribution in [0, 0.1) is 23.2 Å². The smallest absolute Gasteiger partial charge is 0.331 e. The summed E-state index contributed by atoms with van der Waals surface area (Å²) in [5.74, 6) is -4.68. The van der Waals surface area contributed by atoms with E-state index in [2.05, 4.69) is 0 Å². The van der Waals surface area contributed by atoms with E-state index in [1.165, 1.54) is 19.3 Å². The van der Waals surface area contributed by atoms with E-state index in [1.54, 1.807) is 0 Å². The SMILES string of the molecule is N#CCCCCC(F)(F)CC(CCC1CCCCC1)C1=C(C(=O)O)CC2(CC1)OCCO2. The van der Waals surface area contributed by atoms with Crippen LogP contribution in [0.2, 0.25) is 0 Å². The molecule has 0 aromatic carbocycles. The number of unbranched alkanes of at least 4 members (excludes halogenated alkanes) is 2. The van der Waals surface area contributed by atoms with Gasteiger partial charge < -0.3 is 14.6 Å². The maximum atomic E-state index is 14.9. The van der Waals surface area contributed by atoms with Gasteiger partial charge in [0.2, 0.25) is 5.92 Å². The Morgan fingerprint density at radius 1 is 1.22 bits per heavy atom. The van der Waals surface area contributed by atoms with Crippen LogP contribution in [0.25, 0.3) is 0 Å². The Morgan fingerprint density at radius 2 is 1.94 bits per heavy atom. The summed E-state index contributed by atoms with van der Waals surface area (Å²) >= 11 is 0. The first kappa shape index (κ1) is 25.1. The van der Waals surface area contributed by atoms with Gasteiger partial charge >= 0.3 is 5.97 Å². The number of alkyl halides is 2. The molecule has 1 unspecified atom stereocenters. The Kier molecular flexibility index (Phi) is 9.07. The number of hydrogen-bond donors (Lipinski definition) is 1. The number of halogens is 2. The van der Waals surface area contributed by atoms with Crippen LogP contribution in [0.3, 0.4) is 0 Å². The first-order valence-corrected chi connectivity index (χ1v) is 12.3. The average Bonchev–Trinajstić information content (AvgIpc) is 3.22. The minimum Gasteiger partial charge on any atom is -0.478 e. The molecule has 1 N–H and O–H groups in total. The van der Waals surface area contributed by atoms with Crippen molar-refractivity contribution in [3.05, 3.63) is 11.1 Å². The van der Waals surface area contributed by atoms with Crippen LogP contribution in [0.4, 0.5) is 8.78 Å². The summed E-state index contributed by atoms with van der Waals surface area (Å²) in [6, 6.07) is 2.00. The summed E-state index contributed by atoms with van der Waals surface area (Å²) < 4.78 is 41.3. The van der Waals surface area contributed by atoms with Crippen molar-refractivity contribution in [2.45, 2.75) is 108 Å². The van der Waals surface area contributed by atoms with Gasteiger partial charge in [0.1, 0.15) is 0 Å². The second kappa shape index (κ2) is 11.6. The molecular weight excluding hydrogens is 416 g/mol. The third-order valence-corrected chi connectivity index (χ3v) is 7.45. The van der Waals surface area contributed by atoms with Crippen LogP contribution in [-0.4, -0.2) is 36.0 Å². The number of nitriles is 1. The molecule has 1 spiro atoms. The number of carboxylic acid groups (broad SMARTS) is 1. The van der Waals surface area contributed by atoms with Crippen LogP contribution in [0.15, 0.2) is 11.1 Å². The zero-order valence-corrected chi connectivity index (χ0v) is 19.1. The second-order valence-electron chi connectivity index (χ2n) is 9.80. The first-order valence-electron chi connectivity index (χ1n) is 12.3. The molecule has 1 aliphatic heterocycles. The summed E-state index contributed by atoms with van der Waals surface area (Å²) in [5.41, 5.74) is 0.891. The van der Waals surface area contributed by atoms with Gasteiger partial charge in [0, 0.05) is 37.7 Å². The van der Waals surface area contributed by atoms with Crippen molar-refractivity contribution in [3.8, 4) is 6.07 Å². The Hall–Kier alpha value is -1.52. The quantitative estimate of drug-likeness (QED) is 0.367. The normalized spacial score (nSPS) is 22.8. The Balaban J connectivity index is 1.76. The highest BCUT2D eigenvalue weighted by Crippen LogP contribution is 2.45. The minimum atomic E-state index is -2.86. The Morgan fingerprint density at radius 3 is 2.59 bits per heavy atom. The van der Waals surface area contributed by atoms with Gasteiger partial charge in [-0.05, 0) is 43.9 Å². The summed E-state index contributed by atoms with van der Waals surface area (Å²) in [4.78, 5) is 12.1. The van der Waals surface area contributed by atoms with E-state index in [4.69, 9.17) is 14.7 Å². The second-order valence-corrected chi connectivity index (χ2v) is 9.80. The Bertz CT molecular complexity index is 703. The minimum absolute atomic E-state index is 0.130. The molecule has 0 bridgehead atoms. The fraction of sp³-hybridized carbons (Fsp3) is 0.840. The predicted octanol–water partition coefficient (Wildman–Crippen LogP) is 6.38. The van der Waals surface area contributed by atoms with Crippen molar-refractivity contribution in [1.29, 1.82) is 5.26 Å². The number of ether oxygens (including phenoxy) is 2. The molecule has 1 saturated heterocycles. The van der Waals surface area contributed by atoms with E-state index in [1.807, 2.05) is 6.07 Å². The number of carbonyl (C=O) groups is 1. The fourth-order valence-electron chi connectivity index (χ4n) is 5.72. The highest BCUT2D eigenvalue weighted by molar-refractivity contribution is 5.88. The number of hydrogen-bond acceptors (Lipinski definition) is 4. The van der Waals surface area contributed by atoms with E-state index in [0.29, 0.717) is 56.8 Å². The molecule has 0 aromatic rings. The lowest BCUT2D eigenvalue weighted by Crippen LogP contribution is -2.37. The number of carboxylic acids is 1. The molecule has 7 heteroatoms. The molecule has 1 saturated carbocycles. The monoisotopic (exact) mass is 453 g/mol. The molecule has 32 heavy (non-hydrogen) atoms. The van der Waals surface area contributed by atoms with Gasteiger partial charge in [0.25, 0.3) is 0 Å². The maximum Gasteiger partial charge on any atom is 0.331 e. The molecule has 180 valence electrons. The lowest BCUT2D eigenvalue weighted by Gasteiger charge is -2.37. The summed E-state index contributed by atoms with van der Waals surface area (Å²) in [6.45, 7) is 0.877. The number of nitrogens with zero attached hydrogens (tertiary/aromatic N) is 1. The lowest BCUT2D eigenvalue weighted by molar-refractivity contribution is -0.168. The zero-order chi connectivity index (χ0) is 23.0. The molecular formula is C25H37F2NO4. The zero-order valence-electron chi connectivity index (χ0n) is 19.1. The number of aliphatic carboxylic acids is 1. The summed E-state index contributed by atoms with van der Waals surface area (Å²) in [7, 11) is 0. The third kappa shape index (κ3) is 6.99. The number of rotatable bonds is 11. The van der Waals surface area contributed by atoms with E-state index in [-0.39, 0.29) is 31.3 Å². The summed E-state index contributed by atoms with van der Waals surface area (Å²) in [5, 5.41) is 18.6. The van der Waals surface area contributed by atoms with Crippen molar-refractivity contribution < 1.29 is 28.2 Å². The standard InChI is InChI=1S/C25H37F2NO4/c26-24(27,12-5-2-6-14-28)17-20(10-9-19-7-3-1-4-8-19)21-11-13-25(31-15-16-32-25)18-22(21)23(29)30/h19-20H,1-13,15-18H2,(H,29,30). The predicted molar refractivity (Wildman–Crippen MR) is 116 cm³/mol. The highest BCUT2D eigenvalue weighted by Gasteiger charge is 2.45. The third-order valence-electron chi connectivity index (χ3n) is 7.45. The van der Waals surface area contributed by atoms with Gasteiger partial charge in [-0.3, -0.25) is 0 Å². The molecule has 0 aromatic heterocycles. The van der Waals surface area contributed by atoms with E-state index in [0.717, 1.165) is 19.3 Å². The van der Waals surface area contributed by atoms with Gasteiger partial charge in [0.15, 0.2) is 5.79 Å². The molecule has 0 amide bonds. The van der Waals surface area contributed by atoms with E-state index >= 15 is 0 Å². The molecule has 1 heterocycles. The van der Waals surface area contributed by atoms with Crippen molar-refractivity contribution in [1.82, 2.24) is 0 Å². The van der Waals surface area contributed by atoms with Gasteiger partial charge in [0.05, 0.1) is 19.3 Å². The van der Waals surface area contributed by atoms with Gasteiger partial charge in [-0.15, -0.1) is 0 Å². The van der Waals surface area contributed by atoms with Gasteiger partial charge in [-0.1, -0.05) is 37.7 Å². The van der Waals surface area contributed by atoms with Crippen molar-refractivity contribution in [3.63, 3.8) is 0 Å².